The summed E-state index contributed by atoms with van der Waals surface area (Å²) in [6.45, 7) is 8.94. The highest BCUT2D eigenvalue weighted by atomic mass is 32.2. The Morgan fingerprint density at radius 3 is 2.62 bits per heavy atom. The summed E-state index contributed by atoms with van der Waals surface area (Å²) in [6, 6.07) is 8.39. The summed E-state index contributed by atoms with van der Waals surface area (Å²) in [5, 5.41) is 11.4. The van der Waals surface area contributed by atoms with Gasteiger partial charge in [0.2, 0.25) is 0 Å². The van der Waals surface area contributed by atoms with Gasteiger partial charge >= 0.3 is 12.2 Å². The first-order chi connectivity index (χ1) is 22.3. The fourth-order valence-corrected chi connectivity index (χ4v) is 6.05. The van der Waals surface area contributed by atoms with Crippen molar-refractivity contribution in [3.05, 3.63) is 59.4 Å². The summed E-state index contributed by atoms with van der Waals surface area (Å²) >= 11 is 0. The molecule has 252 valence electrons. The van der Waals surface area contributed by atoms with Crippen LogP contribution >= 0.6 is 0 Å². The number of cyclic esters (lactones) is 1. The van der Waals surface area contributed by atoms with Gasteiger partial charge < -0.3 is 33.7 Å². The number of rotatable bonds is 13. The van der Waals surface area contributed by atoms with Crippen LogP contribution in [-0.4, -0.2) is 79.5 Å². The van der Waals surface area contributed by atoms with E-state index in [9.17, 15) is 18.0 Å². The summed E-state index contributed by atoms with van der Waals surface area (Å²) in [5.41, 5.74) is 2.01. The number of carbonyl (C=O) groups is 2. The smallest absolute Gasteiger partial charge is 0.410 e. The highest BCUT2D eigenvalue weighted by molar-refractivity contribution is 7.92. The maximum atomic E-state index is 13.7. The van der Waals surface area contributed by atoms with Crippen molar-refractivity contribution >= 4 is 39.0 Å². The van der Waals surface area contributed by atoms with Gasteiger partial charge in [0, 0.05) is 18.3 Å². The van der Waals surface area contributed by atoms with E-state index in [1.807, 2.05) is 6.92 Å². The molecule has 16 heteroatoms. The van der Waals surface area contributed by atoms with E-state index in [2.05, 4.69) is 20.3 Å². The molecule has 2 amide bonds. The Labute approximate surface area is 272 Å². The lowest BCUT2D eigenvalue weighted by Crippen LogP contribution is -2.32. The number of nitrogens with zero attached hydrogens (tertiary/aromatic N) is 4. The van der Waals surface area contributed by atoms with Crippen LogP contribution < -0.4 is 19.5 Å². The molecule has 0 spiro atoms. The third kappa shape index (κ3) is 8.24. The number of anilines is 1. The maximum absolute atomic E-state index is 13.7. The Morgan fingerprint density at radius 2 is 1.91 bits per heavy atom. The summed E-state index contributed by atoms with van der Waals surface area (Å²) in [6.07, 6.45) is 3.07. The Morgan fingerprint density at radius 1 is 1.11 bits per heavy atom. The summed E-state index contributed by atoms with van der Waals surface area (Å²) < 4.78 is 58.9. The molecule has 0 bridgehead atoms. The first-order valence-corrected chi connectivity index (χ1v) is 16.5. The van der Waals surface area contributed by atoms with Crippen LogP contribution in [0.3, 0.4) is 0 Å². The molecular weight excluding hydrogens is 632 g/mol. The molecule has 3 heterocycles. The second kappa shape index (κ2) is 13.8. The average Bonchev–Trinajstić information content (AvgIpc) is 3.75. The number of fused-ring (bicyclic) bond motifs is 1. The number of methoxy groups -OCH3 is 1. The number of ether oxygens (including phenoxy) is 4. The standard InChI is InChI=1S/C31H38N6O9S/c1-6-20-7-8-23(43-11-9-36-10-12-44-30(36)39)26(15-20)47(40,41)35-28-27-24(42-5)13-21(14-25(27)46-34-28)18-37-19-22(17-33-37)16-32-29(38)45-31(2,3)4/h7-8,13-15,17,19H,6,9-12,16,18H2,1-5H3,(H,32,38)(H,34,35). The number of sulfonamides is 1. The van der Waals surface area contributed by atoms with E-state index in [4.69, 9.17) is 23.5 Å². The van der Waals surface area contributed by atoms with Crippen LogP contribution in [0.5, 0.6) is 11.5 Å². The largest absolute Gasteiger partial charge is 0.496 e. The van der Waals surface area contributed by atoms with Crippen LogP contribution in [-0.2, 0) is 39.0 Å². The van der Waals surface area contributed by atoms with Crippen LogP contribution in [0.2, 0.25) is 0 Å². The Hall–Kier alpha value is -4.99. The first-order valence-electron chi connectivity index (χ1n) is 15.0. The van der Waals surface area contributed by atoms with Crippen molar-refractivity contribution in [2.75, 3.05) is 38.1 Å². The maximum Gasteiger partial charge on any atom is 0.410 e. The van der Waals surface area contributed by atoms with E-state index in [0.29, 0.717) is 42.8 Å². The predicted molar refractivity (Wildman–Crippen MR) is 170 cm³/mol. The van der Waals surface area contributed by atoms with Gasteiger partial charge in [-0.1, -0.05) is 18.1 Å². The van der Waals surface area contributed by atoms with Gasteiger partial charge in [0.1, 0.15) is 40.6 Å². The highest BCUT2D eigenvalue weighted by Crippen LogP contribution is 2.36. The molecule has 4 aromatic rings. The molecule has 2 aromatic carbocycles. The lowest BCUT2D eigenvalue weighted by molar-refractivity contribution is 0.0523. The van der Waals surface area contributed by atoms with E-state index in [-0.39, 0.29) is 36.2 Å². The molecule has 1 aliphatic rings. The molecule has 0 radical (unpaired) electrons. The summed E-state index contributed by atoms with van der Waals surface area (Å²) in [5.74, 6) is 0.418. The molecule has 0 unspecified atom stereocenters. The molecule has 0 atom stereocenters. The average molecular weight is 671 g/mol. The summed E-state index contributed by atoms with van der Waals surface area (Å²) in [7, 11) is -2.75. The van der Waals surface area contributed by atoms with Crippen LogP contribution in [0.1, 0.15) is 44.4 Å². The minimum Gasteiger partial charge on any atom is -0.496 e. The lowest BCUT2D eigenvalue weighted by atomic mass is 10.1. The Balaban J connectivity index is 1.31. The molecule has 1 aliphatic heterocycles. The van der Waals surface area contributed by atoms with E-state index in [1.165, 1.54) is 12.0 Å². The van der Waals surface area contributed by atoms with Gasteiger partial charge in [-0.2, -0.15) is 5.10 Å². The van der Waals surface area contributed by atoms with E-state index in [0.717, 1.165) is 16.7 Å². The summed E-state index contributed by atoms with van der Waals surface area (Å²) in [4.78, 5) is 25.1. The van der Waals surface area contributed by atoms with Crippen LogP contribution in [0.15, 0.2) is 52.1 Å². The normalized spacial score (nSPS) is 13.5. The number of aromatic nitrogens is 3. The molecule has 0 saturated carbocycles. The minimum absolute atomic E-state index is 0.0503. The van der Waals surface area contributed by atoms with Crippen LogP contribution in [0, 0.1) is 0 Å². The van der Waals surface area contributed by atoms with E-state index < -0.39 is 27.8 Å². The van der Waals surface area contributed by atoms with Crippen LogP contribution in [0.25, 0.3) is 11.0 Å². The number of hydrogen-bond acceptors (Lipinski definition) is 11. The SMILES string of the molecule is CCc1ccc(OCCN2CCOC2=O)c(S(=O)(=O)Nc2noc3cc(Cn4cc(CNC(=O)OC(C)(C)C)cn4)cc(OC)c23)c1. The highest BCUT2D eigenvalue weighted by Gasteiger charge is 2.26. The second-order valence-electron chi connectivity index (χ2n) is 11.8. The third-order valence-corrected chi connectivity index (χ3v) is 8.45. The fourth-order valence-electron chi connectivity index (χ4n) is 4.85. The van der Waals surface area contributed by atoms with Crippen molar-refractivity contribution in [3.63, 3.8) is 0 Å². The van der Waals surface area contributed by atoms with Crippen molar-refractivity contribution in [1.82, 2.24) is 25.2 Å². The number of alkyl carbamates (subject to hydrolysis) is 1. The Bertz CT molecular complexity index is 1860. The third-order valence-electron chi connectivity index (χ3n) is 7.09. The van der Waals surface area contributed by atoms with Crippen LogP contribution in [0.4, 0.5) is 15.4 Å². The number of amides is 2. The fraction of sp³-hybridized carbons (Fsp3) is 0.419. The van der Waals surface area contributed by atoms with Crippen molar-refractivity contribution in [2.24, 2.45) is 0 Å². The molecule has 2 N–H and O–H groups in total. The molecule has 47 heavy (non-hydrogen) atoms. The molecule has 1 fully saturated rings. The Kier molecular flexibility index (Phi) is 9.79. The van der Waals surface area contributed by atoms with Gasteiger partial charge in [0.05, 0.1) is 32.9 Å². The zero-order valence-electron chi connectivity index (χ0n) is 26.9. The zero-order chi connectivity index (χ0) is 33.8. The molecule has 0 aliphatic carbocycles. The topological polar surface area (TPSA) is 176 Å². The minimum atomic E-state index is -4.21. The zero-order valence-corrected chi connectivity index (χ0v) is 27.7. The molecule has 15 nitrogen and oxygen atoms in total. The van der Waals surface area contributed by atoms with E-state index in [1.54, 1.807) is 68.2 Å². The number of carbonyl (C=O) groups excluding carboxylic acids is 2. The van der Waals surface area contributed by atoms with Crippen molar-refractivity contribution < 1.29 is 41.5 Å². The predicted octanol–water partition coefficient (Wildman–Crippen LogP) is 4.30. The van der Waals surface area contributed by atoms with E-state index >= 15 is 0 Å². The number of nitrogens with one attached hydrogen (secondary N) is 2. The molecule has 2 aromatic heterocycles. The van der Waals surface area contributed by atoms with Gasteiger partial charge in [0.25, 0.3) is 10.0 Å². The first kappa shape index (κ1) is 33.4. The number of benzene rings is 2. The molecular formula is C31H38N6O9S. The van der Waals surface area contributed by atoms with Gasteiger partial charge in [0.15, 0.2) is 11.4 Å². The van der Waals surface area contributed by atoms with Crippen molar-refractivity contribution in [1.29, 1.82) is 0 Å². The lowest BCUT2D eigenvalue weighted by Gasteiger charge is -2.19. The van der Waals surface area contributed by atoms with Gasteiger partial charge in [-0.25, -0.2) is 18.0 Å². The second-order valence-corrected chi connectivity index (χ2v) is 13.4. The van der Waals surface area contributed by atoms with Crippen molar-refractivity contribution in [2.45, 2.75) is 57.7 Å². The van der Waals surface area contributed by atoms with Crippen molar-refractivity contribution in [3.8, 4) is 11.5 Å². The molecule has 5 rings (SSSR count). The monoisotopic (exact) mass is 670 g/mol. The van der Waals surface area contributed by atoms with Gasteiger partial charge in [-0.05, 0) is 62.6 Å². The quantitative estimate of drug-likeness (QED) is 0.207. The number of aryl methyl sites for hydroxylation is 1. The molecule has 1 saturated heterocycles. The van der Waals surface area contributed by atoms with Gasteiger partial charge in [-0.15, -0.1) is 0 Å². The van der Waals surface area contributed by atoms with Gasteiger partial charge in [-0.3, -0.25) is 9.40 Å². The number of hydrogen-bond donors (Lipinski definition) is 2.